The molecule has 94 valence electrons. The van der Waals surface area contributed by atoms with Crippen LogP contribution in [0, 0.1) is 11.7 Å². The smallest absolute Gasteiger partial charge is 0.124 e. The van der Waals surface area contributed by atoms with Crippen molar-refractivity contribution in [3.05, 3.63) is 30.1 Å². The molecular formula is C13H19FN2S. The van der Waals surface area contributed by atoms with E-state index in [4.69, 9.17) is 5.84 Å². The Kier molecular flexibility index (Phi) is 4.83. The van der Waals surface area contributed by atoms with Crippen LogP contribution in [-0.2, 0) is 0 Å². The van der Waals surface area contributed by atoms with Crippen LogP contribution in [0.1, 0.15) is 25.7 Å². The second kappa shape index (κ2) is 6.38. The number of halogens is 1. The van der Waals surface area contributed by atoms with E-state index in [1.807, 2.05) is 6.07 Å². The maximum absolute atomic E-state index is 13.0. The molecule has 0 spiro atoms. The largest absolute Gasteiger partial charge is 0.271 e. The first-order valence-corrected chi connectivity index (χ1v) is 7.12. The highest BCUT2D eigenvalue weighted by Crippen LogP contribution is 2.30. The molecule has 1 aromatic carbocycles. The molecule has 1 aliphatic carbocycles. The molecule has 1 saturated carbocycles. The average Bonchev–Trinajstić information content (AvgIpc) is 2.84. The third kappa shape index (κ3) is 3.69. The average molecular weight is 254 g/mol. The number of hydrogen-bond donors (Lipinski definition) is 2. The van der Waals surface area contributed by atoms with Gasteiger partial charge in [-0.05, 0) is 37.0 Å². The summed E-state index contributed by atoms with van der Waals surface area (Å²) in [6, 6.07) is 7.08. The predicted molar refractivity (Wildman–Crippen MR) is 70.2 cm³/mol. The van der Waals surface area contributed by atoms with Gasteiger partial charge in [0, 0.05) is 16.7 Å². The van der Waals surface area contributed by atoms with Gasteiger partial charge in [0.15, 0.2) is 0 Å². The first-order valence-electron chi connectivity index (χ1n) is 6.14. The van der Waals surface area contributed by atoms with E-state index in [9.17, 15) is 4.39 Å². The Balaban J connectivity index is 1.87. The van der Waals surface area contributed by atoms with Gasteiger partial charge >= 0.3 is 0 Å². The highest BCUT2D eigenvalue weighted by molar-refractivity contribution is 7.99. The second-order valence-electron chi connectivity index (χ2n) is 4.59. The summed E-state index contributed by atoms with van der Waals surface area (Å²) in [7, 11) is 0. The zero-order valence-electron chi connectivity index (χ0n) is 9.86. The first kappa shape index (κ1) is 12.9. The molecule has 1 atom stereocenters. The van der Waals surface area contributed by atoms with Crippen molar-refractivity contribution in [1.82, 2.24) is 5.43 Å². The maximum Gasteiger partial charge on any atom is 0.124 e. The third-order valence-corrected chi connectivity index (χ3v) is 4.52. The van der Waals surface area contributed by atoms with Crippen LogP contribution < -0.4 is 11.3 Å². The Morgan fingerprint density at radius 3 is 2.82 bits per heavy atom. The summed E-state index contributed by atoms with van der Waals surface area (Å²) in [5.74, 6) is 7.03. The molecule has 0 aromatic heterocycles. The molecule has 0 bridgehead atoms. The van der Waals surface area contributed by atoms with Crippen LogP contribution in [0.15, 0.2) is 29.2 Å². The van der Waals surface area contributed by atoms with Crippen molar-refractivity contribution < 1.29 is 4.39 Å². The second-order valence-corrected chi connectivity index (χ2v) is 5.68. The van der Waals surface area contributed by atoms with Crippen molar-refractivity contribution >= 4 is 11.8 Å². The Bertz CT molecular complexity index is 353. The van der Waals surface area contributed by atoms with Gasteiger partial charge in [-0.2, -0.15) is 0 Å². The normalized spacial score (nSPS) is 18.5. The molecule has 1 aromatic rings. The lowest BCUT2D eigenvalue weighted by molar-refractivity contribution is 0.393. The summed E-state index contributed by atoms with van der Waals surface area (Å²) >= 11 is 1.67. The quantitative estimate of drug-likeness (QED) is 0.482. The highest BCUT2D eigenvalue weighted by atomic mass is 32.2. The van der Waals surface area contributed by atoms with Gasteiger partial charge in [0.25, 0.3) is 0 Å². The Morgan fingerprint density at radius 1 is 1.41 bits per heavy atom. The van der Waals surface area contributed by atoms with E-state index < -0.39 is 0 Å². The Hall–Kier alpha value is -0.580. The zero-order valence-corrected chi connectivity index (χ0v) is 10.7. The molecule has 1 fully saturated rings. The highest BCUT2D eigenvalue weighted by Gasteiger charge is 2.23. The summed E-state index contributed by atoms with van der Waals surface area (Å²) in [5.41, 5.74) is 2.91. The van der Waals surface area contributed by atoms with E-state index in [2.05, 4.69) is 5.43 Å². The molecule has 2 nitrogen and oxygen atoms in total. The van der Waals surface area contributed by atoms with E-state index in [0.717, 1.165) is 10.6 Å². The topological polar surface area (TPSA) is 38.0 Å². The monoisotopic (exact) mass is 254 g/mol. The number of rotatable bonds is 5. The van der Waals surface area contributed by atoms with Gasteiger partial charge in [0.1, 0.15) is 5.82 Å². The van der Waals surface area contributed by atoms with Crippen molar-refractivity contribution in [2.24, 2.45) is 11.8 Å². The molecule has 1 unspecified atom stereocenters. The molecule has 4 heteroatoms. The van der Waals surface area contributed by atoms with Crippen LogP contribution in [0.5, 0.6) is 0 Å². The minimum atomic E-state index is -0.173. The fourth-order valence-electron chi connectivity index (χ4n) is 2.42. The SMILES string of the molecule is NNC(CSc1cccc(F)c1)C1CCCC1. The number of hydrogen-bond acceptors (Lipinski definition) is 3. The Labute approximate surface area is 106 Å². The Morgan fingerprint density at radius 2 is 2.18 bits per heavy atom. The molecular weight excluding hydrogens is 235 g/mol. The molecule has 0 saturated heterocycles. The van der Waals surface area contributed by atoms with Gasteiger partial charge in [-0.3, -0.25) is 11.3 Å². The molecule has 0 heterocycles. The van der Waals surface area contributed by atoms with Gasteiger partial charge in [-0.25, -0.2) is 4.39 Å². The first-order chi connectivity index (χ1) is 8.29. The van der Waals surface area contributed by atoms with Crippen molar-refractivity contribution in [1.29, 1.82) is 0 Å². The fraction of sp³-hybridized carbons (Fsp3) is 0.538. The number of nitrogens with one attached hydrogen (secondary N) is 1. The van der Waals surface area contributed by atoms with Crippen LogP contribution in [0.4, 0.5) is 4.39 Å². The van der Waals surface area contributed by atoms with Gasteiger partial charge < -0.3 is 0 Å². The van der Waals surface area contributed by atoms with E-state index in [1.165, 1.54) is 31.7 Å². The van der Waals surface area contributed by atoms with Crippen molar-refractivity contribution in [2.45, 2.75) is 36.6 Å². The molecule has 1 aliphatic rings. The van der Waals surface area contributed by atoms with Crippen LogP contribution >= 0.6 is 11.8 Å². The fourth-order valence-corrected chi connectivity index (χ4v) is 3.53. The van der Waals surface area contributed by atoms with Crippen molar-refractivity contribution in [3.8, 4) is 0 Å². The predicted octanol–water partition coefficient (Wildman–Crippen LogP) is 2.94. The molecule has 0 aliphatic heterocycles. The van der Waals surface area contributed by atoms with Crippen LogP contribution in [0.3, 0.4) is 0 Å². The van der Waals surface area contributed by atoms with Gasteiger partial charge in [-0.15, -0.1) is 11.8 Å². The van der Waals surface area contributed by atoms with E-state index in [0.29, 0.717) is 12.0 Å². The molecule has 17 heavy (non-hydrogen) atoms. The van der Waals surface area contributed by atoms with E-state index in [1.54, 1.807) is 23.9 Å². The van der Waals surface area contributed by atoms with Crippen LogP contribution in [0.25, 0.3) is 0 Å². The summed E-state index contributed by atoms with van der Waals surface area (Å²) in [4.78, 5) is 0.975. The summed E-state index contributed by atoms with van der Waals surface area (Å²) in [6.45, 7) is 0. The van der Waals surface area contributed by atoms with E-state index in [-0.39, 0.29) is 5.82 Å². The minimum absolute atomic E-state index is 0.173. The van der Waals surface area contributed by atoms with Gasteiger partial charge in [0.2, 0.25) is 0 Å². The summed E-state index contributed by atoms with van der Waals surface area (Å²) in [5, 5.41) is 0. The third-order valence-electron chi connectivity index (χ3n) is 3.41. The van der Waals surface area contributed by atoms with Gasteiger partial charge in [-0.1, -0.05) is 18.9 Å². The zero-order chi connectivity index (χ0) is 12.1. The molecule has 2 rings (SSSR count). The van der Waals surface area contributed by atoms with Gasteiger partial charge in [0.05, 0.1) is 0 Å². The van der Waals surface area contributed by atoms with Crippen molar-refractivity contribution in [2.75, 3.05) is 5.75 Å². The lowest BCUT2D eigenvalue weighted by atomic mass is 10.0. The summed E-state index contributed by atoms with van der Waals surface area (Å²) in [6.07, 6.45) is 5.15. The van der Waals surface area contributed by atoms with Crippen molar-refractivity contribution in [3.63, 3.8) is 0 Å². The maximum atomic E-state index is 13.0. The number of benzene rings is 1. The molecule has 0 amide bonds. The molecule has 3 N–H and O–H groups in total. The number of nitrogens with two attached hydrogens (primary N) is 1. The standard InChI is InChI=1S/C13H19FN2S/c14-11-6-3-7-12(8-11)17-9-13(16-15)10-4-1-2-5-10/h3,6-8,10,13,16H,1-2,4-5,9,15H2. The summed E-state index contributed by atoms with van der Waals surface area (Å²) < 4.78 is 13.0. The number of hydrazine groups is 1. The van der Waals surface area contributed by atoms with E-state index >= 15 is 0 Å². The number of thioether (sulfide) groups is 1. The molecule has 0 radical (unpaired) electrons. The minimum Gasteiger partial charge on any atom is -0.271 e. The lowest BCUT2D eigenvalue weighted by Crippen LogP contribution is -2.41. The van der Waals surface area contributed by atoms with Crippen LogP contribution in [0.2, 0.25) is 0 Å². The lowest BCUT2D eigenvalue weighted by Gasteiger charge is -2.22. The van der Waals surface area contributed by atoms with Crippen LogP contribution in [-0.4, -0.2) is 11.8 Å².